The highest BCUT2D eigenvalue weighted by Crippen LogP contribution is 2.08. The lowest BCUT2D eigenvalue weighted by molar-refractivity contribution is 0.0850. The molecule has 0 aromatic heterocycles. The van der Waals surface area contributed by atoms with Crippen LogP contribution >= 0.6 is 0 Å². The first-order chi connectivity index (χ1) is 9.08. The maximum atomic E-state index is 11.9. The largest absolute Gasteiger partial charge is 0.391 e. The lowest BCUT2D eigenvalue weighted by atomic mass is 10.0. The molecule has 0 radical (unpaired) electrons. The normalized spacial score (nSPS) is 13.9. The van der Waals surface area contributed by atoms with Crippen LogP contribution in [0.1, 0.15) is 36.2 Å². The molecule has 1 aromatic carbocycles. The van der Waals surface area contributed by atoms with Crippen molar-refractivity contribution in [3.05, 3.63) is 35.4 Å². The van der Waals surface area contributed by atoms with Crippen molar-refractivity contribution in [2.45, 2.75) is 33.0 Å². The number of hydrogen-bond acceptors (Lipinski definition) is 3. The maximum absolute atomic E-state index is 11.9. The fraction of sp³-hybridized carbons (Fsp3) is 0.533. The fourth-order valence-corrected chi connectivity index (χ4v) is 1.69. The van der Waals surface area contributed by atoms with Gasteiger partial charge in [0.1, 0.15) is 0 Å². The van der Waals surface area contributed by atoms with Gasteiger partial charge < -0.3 is 15.2 Å². The summed E-state index contributed by atoms with van der Waals surface area (Å²) in [6.07, 6.45) is 0.393. The zero-order chi connectivity index (χ0) is 14.3. The molecule has 0 aliphatic carbocycles. The van der Waals surface area contributed by atoms with E-state index >= 15 is 0 Å². The Kier molecular flexibility index (Phi) is 6.53. The summed E-state index contributed by atoms with van der Waals surface area (Å²) in [5.41, 5.74) is 1.62. The highest BCUT2D eigenvalue weighted by atomic mass is 16.5. The molecule has 0 saturated carbocycles. The second-order valence-electron chi connectivity index (χ2n) is 4.79. The first-order valence-corrected chi connectivity index (χ1v) is 6.62. The molecule has 0 bridgehead atoms. The van der Waals surface area contributed by atoms with Gasteiger partial charge in [-0.05, 0) is 23.6 Å². The fourth-order valence-electron chi connectivity index (χ4n) is 1.69. The van der Waals surface area contributed by atoms with E-state index in [4.69, 9.17) is 4.74 Å². The molecule has 0 unspecified atom stereocenters. The Morgan fingerprint density at radius 3 is 2.53 bits per heavy atom. The number of methoxy groups -OCH3 is 1. The number of nitrogens with one attached hydrogen (secondary N) is 1. The van der Waals surface area contributed by atoms with Crippen molar-refractivity contribution in [2.75, 3.05) is 13.7 Å². The molecule has 106 valence electrons. The highest BCUT2D eigenvalue weighted by molar-refractivity contribution is 5.94. The van der Waals surface area contributed by atoms with Gasteiger partial charge in [0, 0.05) is 19.2 Å². The molecule has 4 nitrogen and oxygen atoms in total. The smallest absolute Gasteiger partial charge is 0.251 e. The minimum Gasteiger partial charge on any atom is -0.391 e. The van der Waals surface area contributed by atoms with Crippen LogP contribution in [0.25, 0.3) is 0 Å². The molecule has 0 aliphatic rings. The van der Waals surface area contributed by atoms with Crippen LogP contribution in [0.4, 0.5) is 0 Å². The van der Waals surface area contributed by atoms with Gasteiger partial charge in [0.05, 0.1) is 12.7 Å². The Labute approximate surface area is 114 Å². The molecule has 2 atom stereocenters. The standard InChI is InChI=1S/C15H23NO3/c1-4-11(2)14(17)9-16-15(18)13-7-5-12(6-8-13)10-19-3/h5-8,11,14,17H,4,9-10H2,1-3H3,(H,16,18)/t11-,14-/m1/s1. The van der Waals surface area contributed by atoms with Crippen molar-refractivity contribution in [1.29, 1.82) is 0 Å². The quantitative estimate of drug-likeness (QED) is 0.792. The molecule has 1 amide bonds. The predicted molar refractivity (Wildman–Crippen MR) is 75.0 cm³/mol. The van der Waals surface area contributed by atoms with E-state index in [-0.39, 0.29) is 18.4 Å². The topological polar surface area (TPSA) is 58.6 Å². The van der Waals surface area contributed by atoms with Gasteiger partial charge in [-0.3, -0.25) is 4.79 Å². The predicted octanol–water partition coefficient (Wildman–Crippen LogP) is 1.97. The van der Waals surface area contributed by atoms with Crippen LogP contribution in [0.15, 0.2) is 24.3 Å². The average molecular weight is 265 g/mol. The monoisotopic (exact) mass is 265 g/mol. The van der Waals surface area contributed by atoms with E-state index in [9.17, 15) is 9.90 Å². The third-order valence-corrected chi connectivity index (χ3v) is 3.30. The molecule has 0 fully saturated rings. The third-order valence-electron chi connectivity index (χ3n) is 3.30. The number of rotatable bonds is 7. The van der Waals surface area contributed by atoms with Crippen molar-refractivity contribution in [3.63, 3.8) is 0 Å². The van der Waals surface area contributed by atoms with E-state index < -0.39 is 6.10 Å². The maximum Gasteiger partial charge on any atom is 0.251 e. The number of ether oxygens (including phenoxy) is 1. The zero-order valence-electron chi connectivity index (χ0n) is 11.8. The van der Waals surface area contributed by atoms with E-state index in [1.807, 2.05) is 26.0 Å². The molecule has 19 heavy (non-hydrogen) atoms. The Hall–Kier alpha value is -1.39. The Morgan fingerprint density at radius 1 is 1.37 bits per heavy atom. The summed E-state index contributed by atoms with van der Waals surface area (Å²) in [5.74, 6) is 0.0238. The summed E-state index contributed by atoms with van der Waals surface area (Å²) in [6, 6.07) is 7.26. The molecule has 0 heterocycles. The van der Waals surface area contributed by atoms with Gasteiger partial charge >= 0.3 is 0 Å². The summed E-state index contributed by atoms with van der Waals surface area (Å²) in [7, 11) is 1.64. The van der Waals surface area contributed by atoms with Gasteiger partial charge in [-0.2, -0.15) is 0 Å². The molecule has 4 heteroatoms. The van der Waals surface area contributed by atoms with Gasteiger partial charge in [-0.1, -0.05) is 32.4 Å². The van der Waals surface area contributed by atoms with Crippen LogP contribution in [-0.4, -0.2) is 30.8 Å². The molecule has 1 aromatic rings. The number of hydrogen-bond donors (Lipinski definition) is 2. The molecule has 0 saturated heterocycles. The summed E-state index contributed by atoms with van der Waals surface area (Å²) in [6.45, 7) is 4.81. The van der Waals surface area contributed by atoms with Crippen LogP contribution < -0.4 is 5.32 Å². The van der Waals surface area contributed by atoms with E-state index in [0.29, 0.717) is 12.2 Å². The lowest BCUT2D eigenvalue weighted by Crippen LogP contribution is -2.35. The molecular weight excluding hydrogens is 242 g/mol. The zero-order valence-corrected chi connectivity index (χ0v) is 11.8. The van der Waals surface area contributed by atoms with Gasteiger partial charge in [0.25, 0.3) is 5.91 Å². The molecule has 1 rings (SSSR count). The van der Waals surface area contributed by atoms with Crippen LogP contribution in [0.5, 0.6) is 0 Å². The Balaban J connectivity index is 2.49. The van der Waals surface area contributed by atoms with Gasteiger partial charge in [0.2, 0.25) is 0 Å². The summed E-state index contributed by atoms with van der Waals surface area (Å²) < 4.78 is 5.01. The van der Waals surface area contributed by atoms with Crippen LogP contribution in [-0.2, 0) is 11.3 Å². The summed E-state index contributed by atoms with van der Waals surface area (Å²) in [5, 5.41) is 12.5. The number of amides is 1. The molecule has 2 N–H and O–H groups in total. The van der Waals surface area contributed by atoms with E-state index in [1.54, 1.807) is 19.2 Å². The number of carbonyl (C=O) groups excluding carboxylic acids is 1. The minimum atomic E-state index is -0.498. The number of aliphatic hydroxyl groups is 1. The SMILES string of the molecule is CC[C@@H](C)[C@H](O)CNC(=O)c1ccc(COC)cc1. The summed E-state index contributed by atoms with van der Waals surface area (Å²) in [4.78, 5) is 11.9. The average Bonchev–Trinajstić information content (AvgIpc) is 2.44. The summed E-state index contributed by atoms with van der Waals surface area (Å²) >= 11 is 0. The number of benzene rings is 1. The first kappa shape index (κ1) is 15.7. The van der Waals surface area contributed by atoms with Crippen molar-refractivity contribution >= 4 is 5.91 Å². The van der Waals surface area contributed by atoms with Gasteiger partial charge in [0.15, 0.2) is 0 Å². The minimum absolute atomic E-state index is 0.161. The number of carbonyl (C=O) groups is 1. The van der Waals surface area contributed by atoms with E-state index in [1.165, 1.54) is 0 Å². The molecular formula is C15H23NO3. The molecule has 0 aliphatic heterocycles. The van der Waals surface area contributed by atoms with Gasteiger partial charge in [-0.25, -0.2) is 0 Å². The second-order valence-corrected chi connectivity index (χ2v) is 4.79. The highest BCUT2D eigenvalue weighted by Gasteiger charge is 2.13. The van der Waals surface area contributed by atoms with Crippen LogP contribution in [0.2, 0.25) is 0 Å². The molecule has 0 spiro atoms. The second kappa shape index (κ2) is 7.92. The van der Waals surface area contributed by atoms with Crippen molar-refractivity contribution in [3.8, 4) is 0 Å². The van der Waals surface area contributed by atoms with Crippen molar-refractivity contribution in [2.24, 2.45) is 5.92 Å². The first-order valence-electron chi connectivity index (χ1n) is 6.62. The van der Waals surface area contributed by atoms with Crippen LogP contribution in [0, 0.1) is 5.92 Å². The van der Waals surface area contributed by atoms with E-state index in [2.05, 4.69) is 5.32 Å². The number of aliphatic hydroxyl groups excluding tert-OH is 1. The van der Waals surface area contributed by atoms with E-state index in [0.717, 1.165) is 12.0 Å². The van der Waals surface area contributed by atoms with Crippen LogP contribution in [0.3, 0.4) is 0 Å². The Morgan fingerprint density at radius 2 is 2.00 bits per heavy atom. The van der Waals surface area contributed by atoms with Gasteiger partial charge in [-0.15, -0.1) is 0 Å². The third kappa shape index (κ3) is 5.01. The Bertz CT molecular complexity index is 389. The lowest BCUT2D eigenvalue weighted by Gasteiger charge is -2.17. The van der Waals surface area contributed by atoms with Crippen molar-refractivity contribution < 1.29 is 14.6 Å². The van der Waals surface area contributed by atoms with Crippen molar-refractivity contribution in [1.82, 2.24) is 5.32 Å².